The van der Waals surface area contributed by atoms with Crippen LogP contribution in [-0.2, 0) is 13.0 Å². The van der Waals surface area contributed by atoms with Gasteiger partial charge in [-0.15, -0.1) is 18.3 Å². The fraction of sp³-hybridized carbons (Fsp3) is 0.333. The lowest BCUT2D eigenvalue weighted by Crippen LogP contribution is -2.17. The number of ether oxygens (including phenoxy) is 1. The number of aromatic nitrogens is 3. The molecule has 0 spiro atoms. The van der Waals surface area contributed by atoms with Crippen LogP contribution >= 0.6 is 0 Å². The fourth-order valence-electron chi connectivity index (χ4n) is 1.81. The second-order valence-corrected chi connectivity index (χ2v) is 3.95. The molecule has 0 atom stereocenters. The zero-order chi connectivity index (χ0) is 14.8. The van der Waals surface area contributed by atoms with Gasteiger partial charge in [-0.2, -0.15) is 0 Å². The molecule has 0 fully saturated rings. The lowest BCUT2D eigenvalue weighted by atomic mass is 10.2. The van der Waals surface area contributed by atoms with Crippen LogP contribution in [0.25, 0.3) is 5.69 Å². The van der Waals surface area contributed by atoms with Crippen molar-refractivity contribution < 1.29 is 23.0 Å². The zero-order valence-electron chi connectivity index (χ0n) is 10.6. The third-order valence-corrected chi connectivity index (χ3v) is 2.64. The van der Waals surface area contributed by atoms with E-state index in [1.165, 1.54) is 28.9 Å². The molecule has 5 nitrogen and oxygen atoms in total. The maximum Gasteiger partial charge on any atom is 0.573 e. The summed E-state index contributed by atoms with van der Waals surface area (Å²) in [4.78, 5) is 0. The maximum absolute atomic E-state index is 12.1. The van der Waals surface area contributed by atoms with E-state index in [2.05, 4.69) is 15.0 Å². The van der Waals surface area contributed by atoms with Crippen LogP contribution in [0.5, 0.6) is 5.75 Å². The van der Waals surface area contributed by atoms with Gasteiger partial charge >= 0.3 is 6.36 Å². The molecule has 0 aliphatic heterocycles. The van der Waals surface area contributed by atoms with E-state index >= 15 is 0 Å². The molecule has 0 amide bonds. The summed E-state index contributed by atoms with van der Waals surface area (Å²) in [5.41, 5.74) is 1.70. The Kier molecular flexibility index (Phi) is 3.93. The number of benzene rings is 1. The summed E-state index contributed by atoms with van der Waals surface area (Å²) in [5.74, 6) is -0.304. The Labute approximate surface area is 112 Å². The van der Waals surface area contributed by atoms with Crippen LogP contribution in [0.1, 0.15) is 18.3 Å². The smallest absolute Gasteiger partial charge is 0.406 e. The third kappa shape index (κ3) is 3.08. The van der Waals surface area contributed by atoms with Crippen molar-refractivity contribution in [3.05, 3.63) is 35.7 Å². The number of halogens is 3. The van der Waals surface area contributed by atoms with Gasteiger partial charge in [-0.3, -0.25) is 0 Å². The molecule has 0 saturated carbocycles. The molecule has 1 N–H and O–H groups in total. The fourth-order valence-corrected chi connectivity index (χ4v) is 1.81. The normalized spacial score (nSPS) is 11.7. The molecule has 0 radical (unpaired) electrons. The Bertz CT molecular complexity index is 579. The van der Waals surface area contributed by atoms with Gasteiger partial charge in [0, 0.05) is 0 Å². The molecule has 20 heavy (non-hydrogen) atoms. The van der Waals surface area contributed by atoms with E-state index in [1.54, 1.807) is 0 Å². The Hall–Kier alpha value is -2.09. The molecular weight excluding hydrogens is 275 g/mol. The van der Waals surface area contributed by atoms with Crippen LogP contribution < -0.4 is 4.74 Å². The summed E-state index contributed by atoms with van der Waals surface area (Å²) < 4.78 is 41.4. The Morgan fingerprint density at radius 1 is 1.25 bits per heavy atom. The minimum absolute atomic E-state index is 0.238. The van der Waals surface area contributed by atoms with E-state index in [0.717, 1.165) is 0 Å². The van der Waals surface area contributed by atoms with Crippen LogP contribution in [0.2, 0.25) is 0 Å². The highest BCUT2D eigenvalue weighted by Crippen LogP contribution is 2.24. The zero-order valence-corrected chi connectivity index (χ0v) is 10.6. The van der Waals surface area contributed by atoms with Crippen molar-refractivity contribution >= 4 is 0 Å². The highest BCUT2D eigenvalue weighted by molar-refractivity contribution is 5.38. The van der Waals surface area contributed by atoms with Crippen LogP contribution in [-0.4, -0.2) is 26.5 Å². The number of alkyl halides is 3. The first-order valence-electron chi connectivity index (χ1n) is 5.85. The van der Waals surface area contributed by atoms with Gasteiger partial charge < -0.3 is 9.84 Å². The summed E-state index contributed by atoms with van der Waals surface area (Å²) in [5, 5.41) is 16.8. The first-order chi connectivity index (χ1) is 9.44. The average Bonchev–Trinajstić information content (AvgIpc) is 2.80. The molecule has 0 aliphatic carbocycles. The summed E-state index contributed by atoms with van der Waals surface area (Å²) in [7, 11) is 0. The van der Waals surface area contributed by atoms with Gasteiger partial charge in [0.2, 0.25) is 0 Å². The minimum atomic E-state index is -4.71. The number of hydrogen-bond donors (Lipinski definition) is 1. The van der Waals surface area contributed by atoms with Crippen molar-refractivity contribution in [2.45, 2.75) is 26.3 Å². The van der Waals surface area contributed by atoms with Crippen molar-refractivity contribution in [2.24, 2.45) is 0 Å². The molecule has 1 aromatic heterocycles. The molecule has 0 saturated heterocycles. The lowest BCUT2D eigenvalue weighted by Gasteiger charge is -2.10. The Balaban J connectivity index is 2.28. The van der Waals surface area contributed by atoms with Crippen LogP contribution in [0.4, 0.5) is 13.2 Å². The molecule has 0 aliphatic rings. The molecule has 1 aromatic carbocycles. The first-order valence-corrected chi connectivity index (χ1v) is 5.85. The summed E-state index contributed by atoms with van der Waals surface area (Å²) in [6.45, 7) is 1.63. The van der Waals surface area contributed by atoms with E-state index in [9.17, 15) is 13.2 Å². The predicted octanol–water partition coefficient (Wildman–Crippen LogP) is 2.22. The molecule has 108 valence electrons. The molecule has 2 rings (SSSR count). The van der Waals surface area contributed by atoms with E-state index in [0.29, 0.717) is 23.5 Å². The average molecular weight is 287 g/mol. The standard InChI is InChI=1S/C12H12F3N3O2/c1-2-11-10(7-19)16-17-18(11)8-3-5-9(6-4-8)20-12(13,14)15/h3-6,19H,2,7H2,1H3. The monoisotopic (exact) mass is 287 g/mol. The largest absolute Gasteiger partial charge is 0.573 e. The number of nitrogens with zero attached hydrogens (tertiary/aromatic N) is 3. The molecule has 2 aromatic rings. The highest BCUT2D eigenvalue weighted by atomic mass is 19.4. The molecular formula is C12H12F3N3O2. The summed E-state index contributed by atoms with van der Waals surface area (Å²) >= 11 is 0. The van der Waals surface area contributed by atoms with Gasteiger partial charge in [0.25, 0.3) is 0 Å². The van der Waals surface area contributed by atoms with Gasteiger partial charge in [-0.25, -0.2) is 4.68 Å². The third-order valence-electron chi connectivity index (χ3n) is 2.64. The quantitative estimate of drug-likeness (QED) is 0.936. The SMILES string of the molecule is CCc1c(CO)nnn1-c1ccc(OC(F)(F)F)cc1. The van der Waals surface area contributed by atoms with Crippen molar-refractivity contribution in [1.82, 2.24) is 15.0 Å². The van der Waals surface area contributed by atoms with E-state index < -0.39 is 6.36 Å². The van der Waals surface area contributed by atoms with Gasteiger partial charge in [0.15, 0.2) is 0 Å². The Morgan fingerprint density at radius 3 is 2.40 bits per heavy atom. The molecule has 8 heteroatoms. The molecule has 0 bridgehead atoms. The molecule has 1 heterocycles. The predicted molar refractivity (Wildman–Crippen MR) is 63.3 cm³/mol. The van der Waals surface area contributed by atoms with Crippen molar-refractivity contribution in [3.63, 3.8) is 0 Å². The van der Waals surface area contributed by atoms with Crippen molar-refractivity contribution in [1.29, 1.82) is 0 Å². The second kappa shape index (κ2) is 5.49. The molecule has 0 unspecified atom stereocenters. The topological polar surface area (TPSA) is 60.2 Å². The van der Waals surface area contributed by atoms with Crippen molar-refractivity contribution in [3.8, 4) is 11.4 Å². The number of aliphatic hydroxyl groups is 1. The van der Waals surface area contributed by atoms with Crippen LogP contribution in [0.3, 0.4) is 0 Å². The van der Waals surface area contributed by atoms with Gasteiger partial charge in [-0.1, -0.05) is 12.1 Å². The first kappa shape index (κ1) is 14.3. The number of aliphatic hydroxyl groups excluding tert-OH is 1. The van der Waals surface area contributed by atoms with Gasteiger partial charge in [-0.05, 0) is 30.7 Å². The lowest BCUT2D eigenvalue weighted by molar-refractivity contribution is -0.274. The maximum atomic E-state index is 12.1. The van der Waals surface area contributed by atoms with E-state index in [-0.39, 0.29) is 12.4 Å². The minimum Gasteiger partial charge on any atom is -0.406 e. The summed E-state index contributed by atoms with van der Waals surface area (Å²) in [6.07, 6.45) is -4.13. The second-order valence-electron chi connectivity index (χ2n) is 3.95. The van der Waals surface area contributed by atoms with E-state index in [1.807, 2.05) is 6.92 Å². The summed E-state index contributed by atoms with van der Waals surface area (Å²) in [6, 6.07) is 5.28. The highest BCUT2D eigenvalue weighted by Gasteiger charge is 2.31. The number of rotatable bonds is 4. The number of hydrogen-bond acceptors (Lipinski definition) is 4. The van der Waals surface area contributed by atoms with Crippen molar-refractivity contribution in [2.75, 3.05) is 0 Å². The Morgan fingerprint density at radius 2 is 1.90 bits per heavy atom. The van der Waals surface area contributed by atoms with Crippen LogP contribution in [0, 0.1) is 0 Å². The van der Waals surface area contributed by atoms with Crippen LogP contribution in [0.15, 0.2) is 24.3 Å². The van der Waals surface area contributed by atoms with E-state index in [4.69, 9.17) is 5.11 Å². The van der Waals surface area contributed by atoms with Gasteiger partial charge in [0.05, 0.1) is 18.0 Å². The van der Waals surface area contributed by atoms with Gasteiger partial charge in [0.1, 0.15) is 11.4 Å².